The van der Waals surface area contributed by atoms with Crippen LogP contribution in [0.15, 0.2) is 12.7 Å². The summed E-state index contributed by atoms with van der Waals surface area (Å²) in [5.74, 6) is 0. The lowest BCUT2D eigenvalue weighted by molar-refractivity contribution is -0.0190. The summed E-state index contributed by atoms with van der Waals surface area (Å²) in [5, 5.41) is 0. The van der Waals surface area contributed by atoms with E-state index in [1.165, 1.54) is 0 Å². The first-order valence-corrected chi connectivity index (χ1v) is 4.01. The van der Waals surface area contributed by atoms with Crippen LogP contribution in [0.25, 0.3) is 0 Å². The number of ether oxygens (including phenoxy) is 1. The Labute approximate surface area is 67.8 Å². The van der Waals surface area contributed by atoms with Gasteiger partial charge in [-0.25, -0.2) is 0 Å². The molecule has 0 aromatic rings. The third kappa shape index (κ3) is 2.61. The fourth-order valence-electron chi connectivity index (χ4n) is 1.27. The molecule has 2 N–H and O–H groups in total. The maximum Gasteiger partial charge on any atom is 0.0824 e. The summed E-state index contributed by atoms with van der Waals surface area (Å²) in [6.45, 7) is 8.01. The fourth-order valence-corrected chi connectivity index (χ4v) is 1.27. The van der Waals surface area contributed by atoms with Crippen LogP contribution in [0.1, 0.15) is 0 Å². The first-order chi connectivity index (χ1) is 5.36. The van der Waals surface area contributed by atoms with Gasteiger partial charge in [-0.2, -0.15) is 0 Å². The van der Waals surface area contributed by atoms with Crippen molar-refractivity contribution in [3.8, 4) is 0 Å². The summed E-state index contributed by atoms with van der Waals surface area (Å²) >= 11 is 0. The molecule has 1 rings (SSSR count). The molecule has 0 saturated carbocycles. The molecule has 64 valence electrons. The fraction of sp³-hybridized carbons (Fsp3) is 0.750. The summed E-state index contributed by atoms with van der Waals surface area (Å²) in [7, 11) is 0. The molecular weight excluding hydrogens is 140 g/mol. The highest BCUT2D eigenvalue weighted by Crippen LogP contribution is 2.02. The quantitative estimate of drug-likeness (QED) is 0.577. The maximum atomic E-state index is 5.48. The standard InChI is InChI=1S/C8H16N2O/c1-2-3-10-4-5-11-8(6-9)7-10/h2,8H,1,3-7,9H2/t8-/m1/s1. The zero-order valence-electron chi connectivity index (χ0n) is 6.83. The Bertz CT molecular complexity index is 127. The van der Waals surface area contributed by atoms with Crippen molar-refractivity contribution in [1.29, 1.82) is 0 Å². The molecule has 0 radical (unpaired) electrons. The summed E-state index contributed by atoms with van der Waals surface area (Å²) in [6, 6.07) is 0. The van der Waals surface area contributed by atoms with Gasteiger partial charge in [0.05, 0.1) is 12.7 Å². The number of hydrogen-bond donors (Lipinski definition) is 1. The van der Waals surface area contributed by atoms with Crippen molar-refractivity contribution < 1.29 is 4.74 Å². The van der Waals surface area contributed by atoms with Crippen LogP contribution in [-0.4, -0.2) is 43.8 Å². The summed E-state index contributed by atoms with van der Waals surface area (Å²) in [5.41, 5.74) is 5.48. The highest BCUT2D eigenvalue weighted by Gasteiger charge is 2.17. The van der Waals surface area contributed by atoms with E-state index in [1.807, 2.05) is 6.08 Å². The van der Waals surface area contributed by atoms with Crippen LogP contribution in [0.5, 0.6) is 0 Å². The second-order valence-corrected chi connectivity index (χ2v) is 2.78. The number of nitrogens with two attached hydrogens (primary N) is 1. The van der Waals surface area contributed by atoms with Crippen LogP contribution in [0.3, 0.4) is 0 Å². The molecule has 1 aliphatic heterocycles. The van der Waals surface area contributed by atoms with E-state index in [0.29, 0.717) is 6.54 Å². The molecule has 0 spiro atoms. The molecule has 0 bridgehead atoms. The Morgan fingerprint density at radius 1 is 1.73 bits per heavy atom. The van der Waals surface area contributed by atoms with Gasteiger partial charge >= 0.3 is 0 Å². The summed E-state index contributed by atoms with van der Waals surface area (Å²) in [6.07, 6.45) is 2.14. The van der Waals surface area contributed by atoms with Crippen LogP contribution in [0, 0.1) is 0 Å². The Hall–Kier alpha value is -0.380. The Kier molecular flexibility index (Phi) is 3.56. The van der Waals surface area contributed by atoms with E-state index >= 15 is 0 Å². The zero-order chi connectivity index (χ0) is 8.10. The second kappa shape index (κ2) is 4.49. The van der Waals surface area contributed by atoms with Crippen LogP contribution in [0.2, 0.25) is 0 Å². The van der Waals surface area contributed by atoms with Gasteiger partial charge in [-0.15, -0.1) is 6.58 Å². The van der Waals surface area contributed by atoms with Crippen molar-refractivity contribution >= 4 is 0 Å². The van der Waals surface area contributed by atoms with Crippen LogP contribution in [-0.2, 0) is 4.74 Å². The molecule has 0 amide bonds. The predicted octanol–water partition coefficient (Wildman–Crippen LogP) is -0.168. The lowest BCUT2D eigenvalue weighted by Gasteiger charge is -2.31. The van der Waals surface area contributed by atoms with Crippen molar-refractivity contribution in [2.45, 2.75) is 6.10 Å². The van der Waals surface area contributed by atoms with Gasteiger partial charge in [0.1, 0.15) is 0 Å². The van der Waals surface area contributed by atoms with Crippen molar-refractivity contribution in [2.24, 2.45) is 5.73 Å². The molecule has 1 fully saturated rings. The lowest BCUT2D eigenvalue weighted by atomic mass is 10.3. The van der Waals surface area contributed by atoms with E-state index < -0.39 is 0 Å². The van der Waals surface area contributed by atoms with Crippen molar-refractivity contribution in [3.05, 3.63) is 12.7 Å². The van der Waals surface area contributed by atoms with E-state index in [2.05, 4.69) is 11.5 Å². The molecule has 1 aliphatic rings. The van der Waals surface area contributed by atoms with Gasteiger partial charge in [-0.1, -0.05) is 6.08 Å². The molecule has 1 saturated heterocycles. The van der Waals surface area contributed by atoms with Gasteiger partial charge in [0.25, 0.3) is 0 Å². The molecule has 3 heteroatoms. The van der Waals surface area contributed by atoms with E-state index in [4.69, 9.17) is 10.5 Å². The number of rotatable bonds is 3. The van der Waals surface area contributed by atoms with Crippen molar-refractivity contribution in [3.63, 3.8) is 0 Å². The average molecular weight is 156 g/mol. The van der Waals surface area contributed by atoms with Crippen molar-refractivity contribution in [1.82, 2.24) is 4.90 Å². The SMILES string of the molecule is C=CCN1CCO[C@H](CN)C1. The van der Waals surface area contributed by atoms with Crippen LogP contribution >= 0.6 is 0 Å². The average Bonchev–Trinajstić information content (AvgIpc) is 2.06. The van der Waals surface area contributed by atoms with Gasteiger partial charge in [0.15, 0.2) is 0 Å². The van der Waals surface area contributed by atoms with Gasteiger partial charge in [-0.3, -0.25) is 4.90 Å². The topological polar surface area (TPSA) is 38.5 Å². The summed E-state index contributed by atoms with van der Waals surface area (Å²) in [4.78, 5) is 2.30. The Balaban J connectivity index is 2.27. The minimum Gasteiger partial charge on any atom is -0.374 e. The second-order valence-electron chi connectivity index (χ2n) is 2.78. The van der Waals surface area contributed by atoms with Crippen molar-refractivity contribution in [2.75, 3.05) is 32.8 Å². The van der Waals surface area contributed by atoms with E-state index in [9.17, 15) is 0 Å². The smallest absolute Gasteiger partial charge is 0.0824 e. The van der Waals surface area contributed by atoms with Crippen LogP contribution in [0.4, 0.5) is 0 Å². The largest absolute Gasteiger partial charge is 0.374 e. The first-order valence-electron chi connectivity index (χ1n) is 4.01. The monoisotopic (exact) mass is 156 g/mol. The van der Waals surface area contributed by atoms with E-state index in [1.54, 1.807) is 0 Å². The Morgan fingerprint density at radius 3 is 3.18 bits per heavy atom. The van der Waals surface area contributed by atoms with Gasteiger partial charge in [-0.05, 0) is 0 Å². The lowest BCUT2D eigenvalue weighted by Crippen LogP contribution is -2.45. The van der Waals surface area contributed by atoms with Gasteiger partial charge in [0, 0.05) is 26.2 Å². The van der Waals surface area contributed by atoms with E-state index in [0.717, 1.165) is 26.2 Å². The molecule has 0 aromatic carbocycles. The minimum atomic E-state index is 0.226. The molecule has 1 heterocycles. The maximum absolute atomic E-state index is 5.48. The normalized spacial score (nSPS) is 26.8. The van der Waals surface area contributed by atoms with Crippen LogP contribution < -0.4 is 5.73 Å². The third-order valence-electron chi connectivity index (χ3n) is 1.87. The molecule has 0 aliphatic carbocycles. The zero-order valence-corrected chi connectivity index (χ0v) is 6.83. The number of morpholine rings is 1. The highest BCUT2D eigenvalue weighted by atomic mass is 16.5. The van der Waals surface area contributed by atoms with Gasteiger partial charge < -0.3 is 10.5 Å². The molecule has 11 heavy (non-hydrogen) atoms. The molecule has 0 aromatic heterocycles. The third-order valence-corrected chi connectivity index (χ3v) is 1.87. The molecule has 3 nitrogen and oxygen atoms in total. The number of hydrogen-bond acceptors (Lipinski definition) is 3. The molecular formula is C8H16N2O. The number of nitrogens with zero attached hydrogens (tertiary/aromatic N) is 1. The first kappa shape index (κ1) is 8.71. The van der Waals surface area contributed by atoms with Gasteiger partial charge in [0.2, 0.25) is 0 Å². The van der Waals surface area contributed by atoms with E-state index in [-0.39, 0.29) is 6.10 Å². The molecule has 1 atom stereocenters. The highest BCUT2D eigenvalue weighted by molar-refractivity contribution is 4.78. The predicted molar refractivity (Wildman–Crippen MR) is 45.4 cm³/mol. The Morgan fingerprint density at radius 2 is 2.55 bits per heavy atom. The molecule has 0 unspecified atom stereocenters. The minimum absolute atomic E-state index is 0.226. The summed E-state index contributed by atoms with van der Waals surface area (Å²) < 4.78 is 5.40.